The molecular weight excluding hydrogens is 556 g/mol. The standard InChI is InChI=1S/C44H34N2/c1-31-29-44(45(36-16-8-4-9-17-36)38-25-22-34(23-26-38)33-14-6-3-7-15-33)32(2)28-40(31)35-24-27-43-41(30-35)39-20-12-13-21-42(39)46(43)37-18-10-5-11-19-37/h3-30H,1-2H3. The van der Waals surface area contributed by atoms with Crippen molar-refractivity contribution in [2.75, 3.05) is 4.90 Å². The molecule has 0 N–H and O–H groups in total. The molecule has 0 aliphatic heterocycles. The number of aryl methyl sites for hydroxylation is 2. The van der Waals surface area contributed by atoms with E-state index in [2.05, 4.69) is 193 Å². The highest BCUT2D eigenvalue weighted by Crippen LogP contribution is 2.41. The maximum atomic E-state index is 2.37. The fourth-order valence-electron chi connectivity index (χ4n) is 6.79. The second-order valence-electron chi connectivity index (χ2n) is 12.0. The third-order valence-corrected chi connectivity index (χ3v) is 9.03. The van der Waals surface area contributed by atoms with Crippen LogP contribution in [0.2, 0.25) is 0 Å². The molecule has 0 fully saturated rings. The minimum absolute atomic E-state index is 1.14. The molecule has 0 saturated heterocycles. The second-order valence-corrected chi connectivity index (χ2v) is 12.0. The maximum absolute atomic E-state index is 2.37. The van der Waals surface area contributed by atoms with E-state index in [0.29, 0.717) is 0 Å². The van der Waals surface area contributed by atoms with E-state index in [4.69, 9.17) is 0 Å². The number of hydrogen-bond donors (Lipinski definition) is 0. The minimum Gasteiger partial charge on any atom is -0.310 e. The zero-order valence-corrected chi connectivity index (χ0v) is 26.1. The summed E-state index contributed by atoms with van der Waals surface area (Å²) in [5, 5.41) is 2.53. The van der Waals surface area contributed by atoms with E-state index in [-0.39, 0.29) is 0 Å². The van der Waals surface area contributed by atoms with Crippen molar-refractivity contribution >= 4 is 38.9 Å². The summed E-state index contributed by atoms with van der Waals surface area (Å²) in [6.07, 6.45) is 0. The lowest BCUT2D eigenvalue weighted by Crippen LogP contribution is -2.11. The normalized spacial score (nSPS) is 11.3. The number of aromatic nitrogens is 1. The van der Waals surface area contributed by atoms with Gasteiger partial charge in [0.05, 0.1) is 11.0 Å². The third-order valence-electron chi connectivity index (χ3n) is 9.03. The Bertz CT molecular complexity index is 2300. The van der Waals surface area contributed by atoms with Crippen LogP contribution < -0.4 is 4.90 Å². The van der Waals surface area contributed by atoms with E-state index in [1.54, 1.807) is 0 Å². The van der Waals surface area contributed by atoms with Crippen LogP contribution in [0.5, 0.6) is 0 Å². The fraction of sp³-hybridized carbons (Fsp3) is 0.0455. The molecule has 1 aromatic heterocycles. The van der Waals surface area contributed by atoms with Crippen molar-refractivity contribution in [3.05, 3.63) is 181 Å². The van der Waals surface area contributed by atoms with E-state index >= 15 is 0 Å². The highest BCUT2D eigenvalue weighted by Gasteiger charge is 2.18. The van der Waals surface area contributed by atoms with Crippen LogP contribution in [0.15, 0.2) is 170 Å². The van der Waals surface area contributed by atoms with E-state index in [1.807, 2.05) is 0 Å². The summed E-state index contributed by atoms with van der Waals surface area (Å²) in [6, 6.07) is 61.1. The first-order valence-electron chi connectivity index (χ1n) is 15.9. The summed E-state index contributed by atoms with van der Waals surface area (Å²) in [5.74, 6) is 0. The quantitative estimate of drug-likeness (QED) is 0.187. The highest BCUT2D eigenvalue weighted by molar-refractivity contribution is 6.10. The van der Waals surface area contributed by atoms with Gasteiger partial charge in [0.25, 0.3) is 0 Å². The molecule has 0 amide bonds. The number of para-hydroxylation sites is 3. The average molecular weight is 591 g/mol. The topological polar surface area (TPSA) is 8.17 Å². The van der Waals surface area contributed by atoms with E-state index < -0.39 is 0 Å². The van der Waals surface area contributed by atoms with Crippen LogP contribution in [0.4, 0.5) is 17.1 Å². The summed E-state index contributed by atoms with van der Waals surface area (Å²) < 4.78 is 2.37. The Morgan fingerprint density at radius 3 is 1.72 bits per heavy atom. The summed E-state index contributed by atoms with van der Waals surface area (Å²) in [6.45, 7) is 4.46. The Morgan fingerprint density at radius 1 is 0.413 bits per heavy atom. The second kappa shape index (κ2) is 11.6. The van der Waals surface area contributed by atoms with Gasteiger partial charge in [0.1, 0.15) is 0 Å². The Balaban J connectivity index is 1.23. The van der Waals surface area contributed by atoms with Crippen molar-refractivity contribution in [1.29, 1.82) is 0 Å². The SMILES string of the molecule is Cc1cc(N(c2ccccc2)c2ccc(-c3ccccc3)cc2)c(C)cc1-c1ccc2c(c1)c1ccccc1n2-c1ccccc1. The molecule has 220 valence electrons. The fourth-order valence-corrected chi connectivity index (χ4v) is 6.79. The van der Waals surface area contributed by atoms with Crippen LogP contribution in [0.3, 0.4) is 0 Å². The van der Waals surface area contributed by atoms with Gasteiger partial charge in [-0.2, -0.15) is 0 Å². The largest absolute Gasteiger partial charge is 0.310 e. The third kappa shape index (κ3) is 4.85. The lowest BCUT2D eigenvalue weighted by Gasteiger charge is -2.28. The summed E-state index contributed by atoms with van der Waals surface area (Å²) >= 11 is 0. The lowest BCUT2D eigenvalue weighted by atomic mass is 9.95. The molecule has 0 aliphatic carbocycles. The van der Waals surface area contributed by atoms with Gasteiger partial charge < -0.3 is 9.47 Å². The first-order valence-corrected chi connectivity index (χ1v) is 15.9. The number of hydrogen-bond acceptors (Lipinski definition) is 1. The van der Waals surface area contributed by atoms with Gasteiger partial charge in [0.15, 0.2) is 0 Å². The van der Waals surface area contributed by atoms with E-state index in [9.17, 15) is 0 Å². The molecule has 8 rings (SSSR count). The number of anilines is 3. The van der Waals surface area contributed by atoms with Crippen LogP contribution in [0.25, 0.3) is 49.7 Å². The Labute approximate surface area is 270 Å². The monoisotopic (exact) mass is 590 g/mol. The van der Waals surface area contributed by atoms with E-state index in [1.165, 1.54) is 66.6 Å². The van der Waals surface area contributed by atoms with Gasteiger partial charge in [0.2, 0.25) is 0 Å². The van der Waals surface area contributed by atoms with Crippen molar-refractivity contribution in [1.82, 2.24) is 4.57 Å². The molecule has 0 unspecified atom stereocenters. The van der Waals surface area contributed by atoms with Gasteiger partial charge in [-0.15, -0.1) is 0 Å². The number of fused-ring (bicyclic) bond motifs is 3. The number of nitrogens with zero attached hydrogens (tertiary/aromatic N) is 2. The number of benzene rings is 7. The molecule has 8 aromatic rings. The molecule has 0 spiro atoms. The van der Waals surface area contributed by atoms with Crippen molar-refractivity contribution in [2.45, 2.75) is 13.8 Å². The van der Waals surface area contributed by atoms with Crippen LogP contribution in [0.1, 0.15) is 11.1 Å². The molecule has 0 aliphatic rings. The minimum atomic E-state index is 1.14. The summed E-state index contributed by atoms with van der Waals surface area (Å²) in [5.41, 5.74) is 14.5. The molecule has 2 heteroatoms. The van der Waals surface area contributed by atoms with Gasteiger partial charge in [-0.1, -0.05) is 103 Å². The molecule has 0 atom stereocenters. The molecule has 0 bridgehead atoms. The zero-order valence-electron chi connectivity index (χ0n) is 26.1. The summed E-state index contributed by atoms with van der Waals surface area (Å²) in [7, 11) is 0. The van der Waals surface area contributed by atoms with Crippen molar-refractivity contribution in [3.63, 3.8) is 0 Å². The van der Waals surface area contributed by atoms with Gasteiger partial charge in [-0.3, -0.25) is 0 Å². The molecule has 7 aromatic carbocycles. The first kappa shape index (κ1) is 27.7. The van der Waals surface area contributed by atoms with Gasteiger partial charge >= 0.3 is 0 Å². The predicted octanol–water partition coefficient (Wildman–Crippen LogP) is 12.2. The molecular formula is C44H34N2. The predicted molar refractivity (Wildman–Crippen MR) is 196 cm³/mol. The Hall–Kier alpha value is -5.86. The van der Waals surface area contributed by atoms with Gasteiger partial charge in [-0.05, 0) is 114 Å². The van der Waals surface area contributed by atoms with Crippen molar-refractivity contribution in [2.24, 2.45) is 0 Å². The lowest BCUT2D eigenvalue weighted by molar-refractivity contribution is 1.18. The van der Waals surface area contributed by atoms with Crippen LogP contribution in [0, 0.1) is 13.8 Å². The van der Waals surface area contributed by atoms with Crippen LogP contribution >= 0.6 is 0 Å². The number of rotatable bonds is 6. The average Bonchev–Trinajstić information content (AvgIpc) is 3.45. The van der Waals surface area contributed by atoms with Gasteiger partial charge in [-0.25, -0.2) is 0 Å². The van der Waals surface area contributed by atoms with Crippen LogP contribution in [-0.4, -0.2) is 4.57 Å². The smallest absolute Gasteiger partial charge is 0.0541 e. The molecule has 0 radical (unpaired) electrons. The van der Waals surface area contributed by atoms with Crippen LogP contribution in [-0.2, 0) is 0 Å². The van der Waals surface area contributed by atoms with Crippen molar-refractivity contribution < 1.29 is 0 Å². The maximum Gasteiger partial charge on any atom is 0.0541 e. The van der Waals surface area contributed by atoms with E-state index in [0.717, 1.165) is 11.4 Å². The molecule has 2 nitrogen and oxygen atoms in total. The highest BCUT2D eigenvalue weighted by atomic mass is 15.1. The Morgan fingerprint density at radius 2 is 0.978 bits per heavy atom. The summed E-state index contributed by atoms with van der Waals surface area (Å²) in [4.78, 5) is 2.37. The molecule has 46 heavy (non-hydrogen) atoms. The molecule has 0 saturated carbocycles. The zero-order chi connectivity index (χ0) is 31.0. The van der Waals surface area contributed by atoms with Gasteiger partial charge in [0, 0.05) is 33.5 Å². The Kier molecular flexibility index (Phi) is 6.96. The first-order chi connectivity index (χ1) is 22.7. The van der Waals surface area contributed by atoms with Crippen molar-refractivity contribution in [3.8, 4) is 27.9 Å². The molecule has 1 heterocycles.